The molecule has 1 aliphatic rings. The summed E-state index contributed by atoms with van der Waals surface area (Å²) in [6, 6.07) is 13.8. The summed E-state index contributed by atoms with van der Waals surface area (Å²) in [6.45, 7) is 3.83. The van der Waals surface area contributed by atoms with Crippen molar-refractivity contribution in [2.75, 3.05) is 25.0 Å². The van der Waals surface area contributed by atoms with Crippen LogP contribution in [0.1, 0.15) is 30.1 Å². The topological polar surface area (TPSA) is 67.9 Å². The van der Waals surface area contributed by atoms with Gasteiger partial charge in [0.1, 0.15) is 11.5 Å². The number of ether oxygens (including phenoxy) is 2. The first-order chi connectivity index (χ1) is 12.7. The van der Waals surface area contributed by atoms with Gasteiger partial charge in [-0.3, -0.25) is 10.1 Å². The number of carbonyl (C=O) groups excluding carboxylic acids is 2. The van der Waals surface area contributed by atoms with Crippen LogP contribution in [0.5, 0.6) is 11.5 Å². The van der Waals surface area contributed by atoms with Crippen molar-refractivity contribution in [3.05, 3.63) is 54.1 Å². The maximum atomic E-state index is 12.8. The van der Waals surface area contributed by atoms with E-state index in [-0.39, 0.29) is 5.91 Å². The number of carbonyl (C=O) groups is 2. The van der Waals surface area contributed by atoms with Gasteiger partial charge in [0.25, 0.3) is 5.91 Å². The summed E-state index contributed by atoms with van der Waals surface area (Å²) < 4.78 is 10.8. The summed E-state index contributed by atoms with van der Waals surface area (Å²) >= 11 is 0. The molecule has 6 heteroatoms. The first kappa shape index (κ1) is 17.8. The number of nitrogens with one attached hydrogen (secondary N) is 1. The van der Waals surface area contributed by atoms with E-state index in [2.05, 4.69) is 5.32 Å². The molecule has 1 N–H and O–H groups in total. The number of hydrogen-bond acceptors (Lipinski definition) is 4. The van der Waals surface area contributed by atoms with E-state index in [9.17, 15) is 9.59 Å². The van der Waals surface area contributed by atoms with Crippen molar-refractivity contribution in [1.82, 2.24) is 4.90 Å². The molecule has 0 aliphatic carbocycles. The average Bonchev–Trinajstić information content (AvgIpc) is 3.18. The first-order valence-electron chi connectivity index (χ1n) is 8.77. The number of nitrogens with zero attached hydrogens (tertiary/aromatic N) is 1. The molecule has 2 aromatic carbocycles. The quantitative estimate of drug-likeness (QED) is 0.883. The normalized spacial score (nSPS) is 13.3. The lowest BCUT2D eigenvalue weighted by atomic mass is 10.1. The first-order valence-corrected chi connectivity index (χ1v) is 8.77. The van der Waals surface area contributed by atoms with Crippen LogP contribution < -0.4 is 14.8 Å². The second-order valence-electron chi connectivity index (χ2n) is 5.97. The number of likely N-dealkylation sites (tertiary alicyclic amines) is 1. The van der Waals surface area contributed by atoms with Crippen LogP contribution in [0.2, 0.25) is 0 Å². The Balaban J connectivity index is 1.76. The predicted octanol–water partition coefficient (Wildman–Crippen LogP) is 3.93. The highest BCUT2D eigenvalue weighted by molar-refractivity contribution is 5.99. The van der Waals surface area contributed by atoms with Gasteiger partial charge in [0.05, 0.1) is 12.2 Å². The van der Waals surface area contributed by atoms with Gasteiger partial charge in [0.2, 0.25) is 0 Å². The summed E-state index contributed by atoms with van der Waals surface area (Å²) in [6.07, 6.45) is 1.41. The third-order valence-electron chi connectivity index (χ3n) is 4.10. The highest BCUT2D eigenvalue weighted by Gasteiger charge is 2.23. The zero-order valence-corrected chi connectivity index (χ0v) is 14.7. The molecular weight excluding hydrogens is 332 g/mol. The van der Waals surface area contributed by atoms with Crippen LogP contribution in [0.15, 0.2) is 48.5 Å². The number of rotatable bonds is 5. The summed E-state index contributed by atoms with van der Waals surface area (Å²) in [7, 11) is 0. The standard InChI is InChI=1S/C20H22N2O4/c1-2-25-18-11-10-15(14-17(18)19(23)22-12-6-7-13-22)21-20(24)26-16-8-4-3-5-9-16/h3-5,8-11,14H,2,6-7,12-13H2,1H3,(H,21,24). The summed E-state index contributed by atoms with van der Waals surface area (Å²) in [5, 5.41) is 2.66. The molecule has 0 saturated carbocycles. The highest BCUT2D eigenvalue weighted by Crippen LogP contribution is 2.26. The number of amides is 2. The molecule has 2 aromatic rings. The van der Waals surface area contributed by atoms with Crippen molar-refractivity contribution in [2.24, 2.45) is 0 Å². The lowest BCUT2D eigenvalue weighted by Crippen LogP contribution is -2.28. The van der Waals surface area contributed by atoms with E-state index >= 15 is 0 Å². The van der Waals surface area contributed by atoms with E-state index in [0.29, 0.717) is 29.4 Å². The van der Waals surface area contributed by atoms with Gasteiger partial charge in [-0.1, -0.05) is 18.2 Å². The molecule has 2 amide bonds. The SMILES string of the molecule is CCOc1ccc(NC(=O)Oc2ccccc2)cc1C(=O)N1CCCC1. The van der Waals surface area contributed by atoms with Crippen LogP contribution in [0.4, 0.5) is 10.5 Å². The molecule has 1 fully saturated rings. The molecule has 0 spiro atoms. The lowest BCUT2D eigenvalue weighted by molar-refractivity contribution is 0.0788. The molecule has 1 aliphatic heterocycles. The monoisotopic (exact) mass is 354 g/mol. The van der Waals surface area contributed by atoms with E-state index in [1.165, 1.54) is 0 Å². The summed E-state index contributed by atoms with van der Waals surface area (Å²) in [4.78, 5) is 26.7. The van der Waals surface area contributed by atoms with Crippen molar-refractivity contribution >= 4 is 17.7 Å². The second-order valence-corrected chi connectivity index (χ2v) is 5.97. The fourth-order valence-electron chi connectivity index (χ4n) is 2.89. The van der Waals surface area contributed by atoms with E-state index in [0.717, 1.165) is 25.9 Å². The van der Waals surface area contributed by atoms with Crippen LogP contribution in [-0.4, -0.2) is 36.6 Å². The Morgan fingerprint density at radius 1 is 1.08 bits per heavy atom. The summed E-state index contributed by atoms with van der Waals surface area (Å²) in [5.41, 5.74) is 0.934. The molecule has 0 bridgehead atoms. The van der Waals surface area contributed by atoms with Crippen LogP contribution in [0.3, 0.4) is 0 Å². The Labute approximate surface area is 152 Å². The van der Waals surface area contributed by atoms with E-state index in [4.69, 9.17) is 9.47 Å². The van der Waals surface area contributed by atoms with Crippen molar-refractivity contribution in [3.8, 4) is 11.5 Å². The number of hydrogen-bond donors (Lipinski definition) is 1. The molecular formula is C20H22N2O4. The van der Waals surface area contributed by atoms with Crippen LogP contribution >= 0.6 is 0 Å². The van der Waals surface area contributed by atoms with E-state index in [1.807, 2.05) is 17.9 Å². The fraction of sp³-hybridized carbons (Fsp3) is 0.300. The van der Waals surface area contributed by atoms with Crippen LogP contribution in [0.25, 0.3) is 0 Å². The number of anilines is 1. The predicted molar refractivity (Wildman–Crippen MR) is 98.8 cm³/mol. The van der Waals surface area contributed by atoms with Gasteiger partial charge < -0.3 is 14.4 Å². The fourth-order valence-corrected chi connectivity index (χ4v) is 2.89. The van der Waals surface area contributed by atoms with E-state index in [1.54, 1.807) is 42.5 Å². The maximum absolute atomic E-state index is 12.8. The Morgan fingerprint density at radius 2 is 1.81 bits per heavy atom. The Kier molecular flexibility index (Phi) is 5.73. The van der Waals surface area contributed by atoms with Gasteiger partial charge in [-0.15, -0.1) is 0 Å². The van der Waals surface area contributed by atoms with Gasteiger partial charge in [0, 0.05) is 18.8 Å². The van der Waals surface area contributed by atoms with Crippen molar-refractivity contribution < 1.29 is 19.1 Å². The average molecular weight is 354 g/mol. The molecule has 0 atom stereocenters. The Bertz CT molecular complexity index is 771. The third-order valence-corrected chi connectivity index (χ3v) is 4.10. The molecule has 3 rings (SSSR count). The molecule has 6 nitrogen and oxygen atoms in total. The van der Waals surface area contributed by atoms with Gasteiger partial charge >= 0.3 is 6.09 Å². The second kappa shape index (κ2) is 8.38. The maximum Gasteiger partial charge on any atom is 0.417 e. The van der Waals surface area contributed by atoms with Crippen molar-refractivity contribution in [3.63, 3.8) is 0 Å². The van der Waals surface area contributed by atoms with Crippen LogP contribution in [-0.2, 0) is 0 Å². The Morgan fingerprint density at radius 3 is 2.50 bits per heavy atom. The number of para-hydroxylation sites is 1. The zero-order valence-electron chi connectivity index (χ0n) is 14.7. The largest absolute Gasteiger partial charge is 0.493 e. The molecule has 26 heavy (non-hydrogen) atoms. The minimum atomic E-state index is -0.611. The highest BCUT2D eigenvalue weighted by atomic mass is 16.6. The van der Waals surface area contributed by atoms with Crippen molar-refractivity contribution in [2.45, 2.75) is 19.8 Å². The minimum Gasteiger partial charge on any atom is -0.493 e. The molecule has 1 saturated heterocycles. The minimum absolute atomic E-state index is 0.0778. The number of benzene rings is 2. The van der Waals surface area contributed by atoms with Gasteiger partial charge in [-0.25, -0.2) is 4.79 Å². The lowest BCUT2D eigenvalue weighted by Gasteiger charge is -2.18. The molecule has 1 heterocycles. The van der Waals surface area contributed by atoms with Gasteiger partial charge in [-0.2, -0.15) is 0 Å². The molecule has 0 radical (unpaired) electrons. The zero-order chi connectivity index (χ0) is 18.4. The van der Waals surface area contributed by atoms with Crippen LogP contribution in [0, 0.1) is 0 Å². The molecule has 0 unspecified atom stereocenters. The van der Waals surface area contributed by atoms with Crippen molar-refractivity contribution in [1.29, 1.82) is 0 Å². The van der Waals surface area contributed by atoms with E-state index < -0.39 is 6.09 Å². The molecule has 136 valence electrons. The third kappa shape index (κ3) is 4.33. The van der Waals surface area contributed by atoms with Gasteiger partial charge in [-0.05, 0) is 50.1 Å². The summed E-state index contributed by atoms with van der Waals surface area (Å²) in [5.74, 6) is 0.890. The smallest absolute Gasteiger partial charge is 0.417 e. The van der Waals surface area contributed by atoms with Gasteiger partial charge in [0.15, 0.2) is 0 Å². The molecule has 0 aromatic heterocycles. The Hall–Kier alpha value is -3.02.